The van der Waals surface area contributed by atoms with Gasteiger partial charge in [0, 0.05) is 0 Å². The molecule has 0 aliphatic rings. The first-order valence-electron chi connectivity index (χ1n) is 5.07. The Bertz CT molecular complexity index is 534. The predicted molar refractivity (Wildman–Crippen MR) is 62.2 cm³/mol. The summed E-state index contributed by atoms with van der Waals surface area (Å²) in [6, 6.07) is 7.13. The van der Waals surface area contributed by atoms with Gasteiger partial charge < -0.3 is 14.5 Å². The van der Waals surface area contributed by atoms with Crippen molar-refractivity contribution in [3.05, 3.63) is 42.1 Å². The Hall–Kier alpha value is -2.30. The van der Waals surface area contributed by atoms with Crippen LogP contribution in [0.5, 0.6) is 5.75 Å². The molecular weight excluding hydrogens is 220 g/mol. The molecule has 5 heteroatoms. The summed E-state index contributed by atoms with van der Waals surface area (Å²) in [7, 11) is 1.54. The summed E-state index contributed by atoms with van der Waals surface area (Å²) in [6.45, 7) is 1.73. The number of aryl methyl sites for hydroxylation is 1. The third-order valence-electron chi connectivity index (χ3n) is 2.17. The minimum Gasteiger partial charge on any atom is -0.495 e. The van der Waals surface area contributed by atoms with Gasteiger partial charge in [0.25, 0.3) is 5.89 Å². The molecule has 0 aliphatic carbocycles. The van der Waals surface area contributed by atoms with Crippen molar-refractivity contribution in [2.24, 2.45) is 0 Å². The number of anilines is 1. The molecule has 88 valence electrons. The Morgan fingerprint density at radius 2 is 2.18 bits per heavy atom. The van der Waals surface area contributed by atoms with Gasteiger partial charge in [0.15, 0.2) is 0 Å². The number of benzene rings is 1. The molecule has 0 saturated heterocycles. The topological polar surface area (TPSA) is 64.4 Å². The van der Waals surface area contributed by atoms with Crippen LogP contribution in [-0.2, 0) is 0 Å². The quantitative estimate of drug-likeness (QED) is 0.881. The van der Waals surface area contributed by atoms with Crippen molar-refractivity contribution in [1.29, 1.82) is 0 Å². The summed E-state index contributed by atoms with van der Waals surface area (Å²) in [4.78, 5) is 15.6. The van der Waals surface area contributed by atoms with Crippen LogP contribution in [0.4, 0.5) is 5.69 Å². The second-order valence-electron chi connectivity index (χ2n) is 3.43. The first kappa shape index (κ1) is 11.2. The number of rotatable bonds is 3. The maximum Gasteiger partial charge on any atom is 0.311 e. The molecule has 0 radical (unpaired) electrons. The van der Waals surface area contributed by atoms with Crippen molar-refractivity contribution in [3.8, 4) is 5.75 Å². The van der Waals surface area contributed by atoms with E-state index in [1.54, 1.807) is 32.2 Å². The van der Waals surface area contributed by atoms with E-state index in [1.165, 1.54) is 6.20 Å². The molecule has 1 amide bonds. The Labute approximate surface area is 98.4 Å². The molecule has 0 spiro atoms. The van der Waals surface area contributed by atoms with E-state index in [-0.39, 0.29) is 5.89 Å². The number of para-hydroxylation sites is 2. The zero-order chi connectivity index (χ0) is 12.3. The third kappa shape index (κ3) is 2.44. The predicted octanol–water partition coefficient (Wildman–Crippen LogP) is 2.24. The van der Waals surface area contributed by atoms with Crippen molar-refractivity contribution in [3.63, 3.8) is 0 Å². The standard InChI is InChI=1S/C12H12N2O3/c1-8-7-13-12(17-8)11(15)14-9-5-3-4-6-10(9)16-2/h3-7H,1-2H3,(H,14,15). The smallest absolute Gasteiger partial charge is 0.311 e. The minimum absolute atomic E-state index is 0.0356. The lowest BCUT2D eigenvalue weighted by atomic mass is 10.3. The number of amides is 1. The minimum atomic E-state index is -0.400. The van der Waals surface area contributed by atoms with Crippen molar-refractivity contribution in [1.82, 2.24) is 4.98 Å². The molecule has 0 fully saturated rings. The van der Waals surface area contributed by atoms with Gasteiger partial charge in [-0.3, -0.25) is 4.79 Å². The van der Waals surface area contributed by atoms with Gasteiger partial charge in [0.05, 0.1) is 19.0 Å². The monoisotopic (exact) mass is 232 g/mol. The number of oxazole rings is 1. The number of nitrogens with zero attached hydrogens (tertiary/aromatic N) is 1. The zero-order valence-electron chi connectivity index (χ0n) is 9.56. The molecule has 1 heterocycles. The van der Waals surface area contributed by atoms with Gasteiger partial charge in [-0.05, 0) is 19.1 Å². The largest absolute Gasteiger partial charge is 0.495 e. The summed E-state index contributed by atoms with van der Waals surface area (Å²) in [5.41, 5.74) is 0.579. The van der Waals surface area contributed by atoms with Gasteiger partial charge in [0.1, 0.15) is 11.5 Å². The van der Waals surface area contributed by atoms with Crippen LogP contribution in [-0.4, -0.2) is 18.0 Å². The number of hydrogen-bond donors (Lipinski definition) is 1. The van der Waals surface area contributed by atoms with Gasteiger partial charge in [-0.15, -0.1) is 0 Å². The molecule has 0 bridgehead atoms. The van der Waals surface area contributed by atoms with Gasteiger partial charge in [0.2, 0.25) is 0 Å². The van der Waals surface area contributed by atoms with Gasteiger partial charge in [-0.25, -0.2) is 4.98 Å². The normalized spacial score (nSPS) is 10.0. The summed E-state index contributed by atoms with van der Waals surface area (Å²) >= 11 is 0. The second-order valence-corrected chi connectivity index (χ2v) is 3.43. The summed E-state index contributed by atoms with van der Waals surface area (Å²) in [6.07, 6.45) is 1.50. The molecule has 0 saturated carbocycles. The number of carbonyl (C=O) groups is 1. The SMILES string of the molecule is COc1ccccc1NC(=O)c1ncc(C)o1. The molecular formula is C12H12N2O3. The van der Waals surface area contributed by atoms with E-state index in [4.69, 9.17) is 9.15 Å². The summed E-state index contributed by atoms with van der Waals surface area (Å²) in [5, 5.41) is 2.67. The van der Waals surface area contributed by atoms with Crippen LogP contribution in [0.25, 0.3) is 0 Å². The highest BCUT2D eigenvalue weighted by atomic mass is 16.5. The van der Waals surface area contributed by atoms with E-state index >= 15 is 0 Å². The highest BCUT2D eigenvalue weighted by Crippen LogP contribution is 2.23. The van der Waals surface area contributed by atoms with Gasteiger partial charge >= 0.3 is 5.91 Å². The molecule has 1 aromatic heterocycles. The fourth-order valence-electron chi connectivity index (χ4n) is 1.38. The number of aromatic nitrogens is 1. The number of carbonyl (C=O) groups excluding carboxylic acids is 1. The molecule has 17 heavy (non-hydrogen) atoms. The van der Waals surface area contributed by atoms with Crippen LogP contribution in [0.3, 0.4) is 0 Å². The van der Waals surface area contributed by atoms with Crippen LogP contribution < -0.4 is 10.1 Å². The van der Waals surface area contributed by atoms with Crippen LogP contribution in [0.2, 0.25) is 0 Å². The molecule has 0 atom stereocenters. The van der Waals surface area contributed by atoms with Crippen molar-refractivity contribution < 1.29 is 13.9 Å². The van der Waals surface area contributed by atoms with E-state index in [1.807, 2.05) is 6.07 Å². The Morgan fingerprint density at radius 1 is 1.41 bits per heavy atom. The lowest BCUT2D eigenvalue weighted by Gasteiger charge is -2.07. The Morgan fingerprint density at radius 3 is 2.82 bits per heavy atom. The number of ether oxygens (including phenoxy) is 1. The first-order valence-corrected chi connectivity index (χ1v) is 5.07. The lowest BCUT2D eigenvalue weighted by molar-refractivity contribution is 0.0988. The average molecular weight is 232 g/mol. The maximum absolute atomic E-state index is 11.8. The second kappa shape index (κ2) is 4.69. The Kier molecular flexibility index (Phi) is 3.09. The van der Waals surface area contributed by atoms with Gasteiger partial charge in [-0.1, -0.05) is 12.1 Å². The molecule has 2 rings (SSSR count). The molecule has 0 unspecified atom stereocenters. The highest BCUT2D eigenvalue weighted by molar-refractivity contribution is 6.01. The zero-order valence-corrected chi connectivity index (χ0v) is 9.56. The van der Waals surface area contributed by atoms with E-state index < -0.39 is 5.91 Å². The number of hydrogen-bond acceptors (Lipinski definition) is 4. The van der Waals surface area contributed by atoms with E-state index in [0.717, 1.165) is 0 Å². The molecule has 1 aromatic carbocycles. The van der Waals surface area contributed by atoms with Crippen molar-refractivity contribution in [2.75, 3.05) is 12.4 Å². The fraction of sp³-hybridized carbons (Fsp3) is 0.167. The van der Waals surface area contributed by atoms with E-state index in [9.17, 15) is 4.79 Å². The van der Waals surface area contributed by atoms with Crippen molar-refractivity contribution >= 4 is 11.6 Å². The summed E-state index contributed by atoms with van der Waals surface area (Å²) < 4.78 is 10.2. The third-order valence-corrected chi connectivity index (χ3v) is 2.17. The first-order chi connectivity index (χ1) is 8.20. The average Bonchev–Trinajstić information content (AvgIpc) is 2.77. The van der Waals surface area contributed by atoms with Crippen molar-refractivity contribution in [2.45, 2.75) is 6.92 Å². The van der Waals surface area contributed by atoms with Crippen LogP contribution in [0.1, 0.15) is 16.4 Å². The molecule has 5 nitrogen and oxygen atoms in total. The van der Waals surface area contributed by atoms with E-state index in [0.29, 0.717) is 17.2 Å². The highest BCUT2D eigenvalue weighted by Gasteiger charge is 2.13. The lowest BCUT2D eigenvalue weighted by Crippen LogP contribution is -2.12. The molecule has 0 aliphatic heterocycles. The van der Waals surface area contributed by atoms with Crippen LogP contribution in [0, 0.1) is 6.92 Å². The van der Waals surface area contributed by atoms with Crippen LogP contribution >= 0.6 is 0 Å². The maximum atomic E-state index is 11.8. The van der Waals surface area contributed by atoms with Crippen LogP contribution in [0.15, 0.2) is 34.9 Å². The number of nitrogens with one attached hydrogen (secondary N) is 1. The Balaban J connectivity index is 2.18. The molecule has 1 N–H and O–H groups in total. The van der Waals surface area contributed by atoms with Gasteiger partial charge in [-0.2, -0.15) is 0 Å². The summed E-state index contributed by atoms with van der Waals surface area (Å²) in [5.74, 6) is 0.815. The van der Waals surface area contributed by atoms with E-state index in [2.05, 4.69) is 10.3 Å². The number of methoxy groups -OCH3 is 1. The molecule has 2 aromatic rings. The fourth-order valence-corrected chi connectivity index (χ4v) is 1.38.